The maximum absolute atomic E-state index is 6.91. The molecule has 0 fully saturated rings. The summed E-state index contributed by atoms with van der Waals surface area (Å²) in [7, 11) is 0. The molecular formula is C52H31NO3. The molecule has 262 valence electrons. The first-order valence-corrected chi connectivity index (χ1v) is 18.9. The van der Waals surface area contributed by atoms with Crippen molar-refractivity contribution in [2.24, 2.45) is 0 Å². The minimum Gasteiger partial charge on any atom is -0.455 e. The number of rotatable bonds is 5. The summed E-state index contributed by atoms with van der Waals surface area (Å²) in [6, 6.07) is 65.9. The fourth-order valence-electron chi connectivity index (χ4n) is 8.68. The largest absolute Gasteiger partial charge is 0.455 e. The molecule has 0 radical (unpaired) electrons. The Kier molecular flexibility index (Phi) is 6.60. The van der Waals surface area contributed by atoms with E-state index < -0.39 is 0 Å². The average Bonchev–Trinajstić information content (AvgIpc) is 3.95. The molecule has 0 aliphatic rings. The maximum atomic E-state index is 6.91. The predicted molar refractivity (Wildman–Crippen MR) is 231 cm³/mol. The number of hydrogen-bond acceptors (Lipinski definition) is 4. The standard InChI is InChI=1S/C52H31NO3/c1-2-12-32(13-3-1)33-24-26-35(27-25-33)53(45-21-11-19-41-39-17-7-9-23-47(39)55-51(41)45)36-28-29-48-43(31-36)44-30-34-14-4-5-15-37(34)49(52(44)56-48)42-20-10-18-40-38-16-6-8-22-46(38)54-50(40)42/h1-31H. The number of hydrogen-bond donors (Lipinski definition) is 0. The zero-order valence-corrected chi connectivity index (χ0v) is 30.1. The lowest BCUT2D eigenvalue weighted by atomic mass is 9.94. The fourth-order valence-corrected chi connectivity index (χ4v) is 8.68. The van der Waals surface area contributed by atoms with Crippen LogP contribution in [0.4, 0.5) is 17.1 Å². The lowest BCUT2D eigenvalue weighted by molar-refractivity contribution is 0.665. The molecule has 3 aromatic heterocycles. The van der Waals surface area contributed by atoms with Gasteiger partial charge >= 0.3 is 0 Å². The Morgan fingerprint density at radius 1 is 0.321 bits per heavy atom. The van der Waals surface area contributed by atoms with E-state index in [2.05, 4.69) is 163 Å². The average molecular weight is 718 g/mol. The number of anilines is 3. The number of nitrogens with zero attached hydrogens (tertiary/aromatic N) is 1. The number of furan rings is 3. The molecule has 56 heavy (non-hydrogen) atoms. The minimum absolute atomic E-state index is 0.818. The van der Waals surface area contributed by atoms with Gasteiger partial charge in [-0.2, -0.15) is 0 Å². The number of benzene rings is 9. The van der Waals surface area contributed by atoms with Crippen molar-refractivity contribution in [3.05, 3.63) is 188 Å². The molecule has 9 aromatic carbocycles. The van der Waals surface area contributed by atoms with Gasteiger partial charge < -0.3 is 18.2 Å². The summed E-state index contributed by atoms with van der Waals surface area (Å²) < 4.78 is 20.2. The summed E-state index contributed by atoms with van der Waals surface area (Å²) in [5.41, 5.74) is 12.4. The molecule has 4 heteroatoms. The van der Waals surface area contributed by atoms with Crippen LogP contribution in [0, 0.1) is 0 Å². The van der Waals surface area contributed by atoms with Gasteiger partial charge in [-0.05, 0) is 76.5 Å². The topological polar surface area (TPSA) is 42.7 Å². The summed E-state index contributed by atoms with van der Waals surface area (Å²) in [6.45, 7) is 0. The number of fused-ring (bicyclic) bond motifs is 10. The van der Waals surface area contributed by atoms with Gasteiger partial charge in [0.15, 0.2) is 5.58 Å². The van der Waals surface area contributed by atoms with Gasteiger partial charge in [0.1, 0.15) is 27.9 Å². The van der Waals surface area contributed by atoms with Gasteiger partial charge in [0, 0.05) is 54.8 Å². The highest BCUT2D eigenvalue weighted by Gasteiger charge is 2.23. The third kappa shape index (κ3) is 4.60. The van der Waals surface area contributed by atoms with Crippen LogP contribution >= 0.6 is 0 Å². The molecule has 0 bridgehead atoms. The molecule has 0 saturated carbocycles. The molecule has 0 spiro atoms. The predicted octanol–water partition coefficient (Wildman–Crippen LogP) is 15.3. The quantitative estimate of drug-likeness (QED) is 0.178. The molecule has 12 aromatic rings. The van der Waals surface area contributed by atoms with Crippen LogP contribution in [-0.2, 0) is 0 Å². The zero-order valence-electron chi connectivity index (χ0n) is 30.1. The van der Waals surface area contributed by atoms with Crippen LogP contribution in [-0.4, -0.2) is 0 Å². The second-order valence-corrected chi connectivity index (χ2v) is 14.4. The molecule has 0 unspecified atom stereocenters. The molecule has 0 atom stereocenters. The van der Waals surface area contributed by atoms with Crippen molar-refractivity contribution in [2.45, 2.75) is 0 Å². The van der Waals surface area contributed by atoms with Gasteiger partial charge in [0.2, 0.25) is 0 Å². The van der Waals surface area contributed by atoms with E-state index in [1.165, 1.54) is 5.56 Å². The molecule has 3 heterocycles. The Balaban J connectivity index is 1.11. The van der Waals surface area contributed by atoms with Crippen molar-refractivity contribution in [1.29, 1.82) is 0 Å². The van der Waals surface area contributed by atoms with Crippen molar-refractivity contribution in [3.8, 4) is 22.3 Å². The summed E-state index contributed by atoms with van der Waals surface area (Å²) in [6.07, 6.45) is 0. The van der Waals surface area contributed by atoms with Gasteiger partial charge in [0.25, 0.3) is 0 Å². The van der Waals surface area contributed by atoms with E-state index in [-0.39, 0.29) is 0 Å². The second-order valence-electron chi connectivity index (χ2n) is 14.4. The first-order valence-electron chi connectivity index (χ1n) is 18.9. The summed E-state index contributed by atoms with van der Waals surface area (Å²) in [5.74, 6) is 0. The Morgan fingerprint density at radius 3 is 1.68 bits per heavy atom. The maximum Gasteiger partial charge on any atom is 0.159 e. The minimum atomic E-state index is 0.818. The van der Waals surface area contributed by atoms with E-state index in [1.54, 1.807) is 0 Å². The Morgan fingerprint density at radius 2 is 0.893 bits per heavy atom. The molecule has 4 nitrogen and oxygen atoms in total. The Bertz CT molecular complexity index is 3480. The van der Waals surface area contributed by atoms with E-state index in [4.69, 9.17) is 13.3 Å². The molecule has 0 aliphatic carbocycles. The van der Waals surface area contributed by atoms with Crippen LogP contribution in [0.1, 0.15) is 0 Å². The van der Waals surface area contributed by atoms with Crippen molar-refractivity contribution >= 4 is 93.7 Å². The Labute approximate surface area is 321 Å². The highest BCUT2D eigenvalue weighted by Crippen LogP contribution is 2.47. The smallest absolute Gasteiger partial charge is 0.159 e. The molecular weight excluding hydrogens is 687 g/mol. The molecule has 0 N–H and O–H groups in total. The zero-order chi connectivity index (χ0) is 36.7. The monoisotopic (exact) mass is 717 g/mol. The van der Waals surface area contributed by atoms with E-state index in [0.29, 0.717) is 0 Å². The molecule has 0 aliphatic heterocycles. The molecule has 12 rings (SSSR count). The molecule has 0 amide bonds. The molecule has 0 saturated heterocycles. The van der Waals surface area contributed by atoms with Gasteiger partial charge in [-0.3, -0.25) is 0 Å². The summed E-state index contributed by atoms with van der Waals surface area (Å²) >= 11 is 0. The van der Waals surface area contributed by atoms with Gasteiger partial charge in [-0.1, -0.05) is 133 Å². The SMILES string of the molecule is c1ccc(-c2ccc(N(c3ccc4oc5c(-c6cccc7c6oc6ccccc67)c6ccccc6cc5c4c3)c3cccc4c3oc3ccccc34)cc2)cc1. The van der Waals surface area contributed by atoms with Gasteiger partial charge in [-0.15, -0.1) is 0 Å². The van der Waals surface area contributed by atoms with Gasteiger partial charge in [0.05, 0.1) is 5.69 Å². The van der Waals surface area contributed by atoms with E-state index in [0.717, 1.165) is 110 Å². The number of para-hydroxylation sites is 4. The normalized spacial score (nSPS) is 11.9. The highest BCUT2D eigenvalue weighted by molar-refractivity contribution is 6.22. The van der Waals surface area contributed by atoms with E-state index in [1.807, 2.05) is 30.3 Å². The third-order valence-corrected chi connectivity index (χ3v) is 11.3. The van der Waals surface area contributed by atoms with E-state index >= 15 is 0 Å². The fraction of sp³-hybridized carbons (Fsp3) is 0. The van der Waals surface area contributed by atoms with Crippen LogP contribution in [0.5, 0.6) is 0 Å². The first-order chi connectivity index (χ1) is 27.8. The van der Waals surface area contributed by atoms with Crippen LogP contribution < -0.4 is 4.90 Å². The van der Waals surface area contributed by atoms with Crippen LogP contribution in [0.25, 0.3) is 98.8 Å². The third-order valence-electron chi connectivity index (χ3n) is 11.3. The van der Waals surface area contributed by atoms with Crippen molar-refractivity contribution in [1.82, 2.24) is 0 Å². The van der Waals surface area contributed by atoms with Crippen molar-refractivity contribution in [3.63, 3.8) is 0 Å². The van der Waals surface area contributed by atoms with Crippen LogP contribution in [0.3, 0.4) is 0 Å². The lowest BCUT2D eigenvalue weighted by Crippen LogP contribution is -2.10. The van der Waals surface area contributed by atoms with Crippen LogP contribution in [0.15, 0.2) is 201 Å². The lowest BCUT2D eigenvalue weighted by Gasteiger charge is -2.26. The van der Waals surface area contributed by atoms with E-state index in [9.17, 15) is 0 Å². The first kappa shape index (κ1) is 30.9. The van der Waals surface area contributed by atoms with Crippen molar-refractivity contribution in [2.75, 3.05) is 4.90 Å². The van der Waals surface area contributed by atoms with Crippen molar-refractivity contribution < 1.29 is 13.3 Å². The Hall–Kier alpha value is -7.56. The highest BCUT2D eigenvalue weighted by atomic mass is 16.3. The second kappa shape index (κ2) is 12.0. The van der Waals surface area contributed by atoms with Crippen LogP contribution in [0.2, 0.25) is 0 Å². The van der Waals surface area contributed by atoms with Gasteiger partial charge in [-0.25, -0.2) is 0 Å². The summed E-state index contributed by atoms with van der Waals surface area (Å²) in [4.78, 5) is 2.30. The summed E-state index contributed by atoms with van der Waals surface area (Å²) in [5, 5.41) is 8.70.